The van der Waals surface area contributed by atoms with E-state index in [-0.39, 0.29) is 23.8 Å². The van der Waals surface area contributed by atoms with Crippen molar-refractivity contribution in [3.05, 3.63) is 35.9 Å². The maximum absolute atomic E-state index is 11.6. The zero-order valence-electron chi connectivity index (χ0n) is 13.3. The van der Waals surface area contributed by atoms with Crippen molar-refractivity contribution in [1.29, 1.82) is 0 Å². The van der Waals surface area contributed by atoms with E-state index in [1.54, 1.807) is 0 Å². The number of benzene rings is 1. The molecule has 0 bridgehead atoms. The van der Waals surface area contributed by atoms with Gasteiger partial charge < -0.3 is 26.1 Å². The van der Waals surface area contributed by atoms with Crippen LogP contribution < -0.4 is 21.5 Å². The number of fused-ring (bicyclic) bond motifs is 2. The van der Waals surface area contributed by atoms with E-state index in [2.05, 4.69) is 16.4 Å². The first-order chi connectivity index (χ1) is 11.9. The Balaban J connectivity index is 0.000000160. The predicted molar refractivity (Wildman–Crippen MR) is 86.8 cm³/mol. The van der Waals surface area contributed by atoms with Gasteiger partial charge in [0.15, 0.2) is 0 Å². The van der Waals surface area contributed by atoms with Gasteiger partial charge in [0, 0.05) is 34.4 Å². The summed E-state index contributed by atoms with van der Waals surface area (Å²) in [5.74, 6) is -2.00. The third kappa shape index (κ3) is 3.10. The third-order valence-electron chi connectivity index (χ3n) is 4.76. The summed E-state index contributed by atoms with van der Waals surface area (Å²) in [7, 11) is 0. The molecule has 1 aromatic carbocycles. The molecule has 0 unspecified atom stereocenters. The van der Waals surface area contributed by atoms with Crippen molar-refractivity contribution < 1.29 is 30.3 Å². The third-order valence-corrected chi connectivity index (χ3v) is 6.35. The minimum absolute atomic E-state index is 0.0150. The summed E-state index contributed by atoms with van der Waals surface area (Å²) in [5, 5.41) is 24.1. The van der Waals surface area contributed by atoms with Crippen LogP contribution in [0.15, 0.2) is 30.3 Å². The van der Waals surface area contributed by atoms with Crippen LogP contribution in [0.1, 0.15) is 11.6 Å². The largest absolute Gasteiger partial charge is 0.550 e. The first kappa shape index (κ1) is 17.7. The zero-order chi connectivity index (χ0) is 18.2. The van der Waals surface area contributed by atoms with Crippen molar-refractivity contribution in [1.82, 2.24) is 10.6 Å². The predicted octanol–water partition coefficient (Wildman–Crippen LogP) is -2.36. The Hall–Kier alpha value is -2.10. The van der Waals surface area contributed by atoms with Gasteiger partial charge in [-0.05, 0) is 0 Å². The number of aliphatic hydroxyl groups is 1. The van der Waals surface area contributed by atoms with Gasteiger partial charge in [-0.1, -0.05) is 30.3 Å². The lowest BCUT2D eigenvalue weighted by Crippen LogP contribution is -2.55. The van der Waals surface area contributed by atoms with E-state index in [4.69, 9.17) is 5.11 Å². The number of quaternary nitrogens is 1. The Morgan fingerprint density at radius 2 is 2.08 bits per heavy atom. The van der Waals surface area contributed by atoms with E-state index in [0.29, 0.717) is 5.75 Å². The molecule has 1 saturated carbocycles. The first-order valence-electron chi connectivity index (χ1n) is 7.85. The van der Waals surface area contributed by atoms with Gasteiger partial charge in [-0.2, -0.15) is 11.8 Å². The number of carboxylic acids is 1. The lowest BCUT2D eigenvalue weighted by Gasteiger charge is -2.22. The number of amides is 3. The SMILES string of the molecule is O=C1NC(=O)[C@@]2(CS[C@H]3[C@H](C(=O)[O-])[C@H]32)N1.[NH3+][C@H](CO)c1ccccc1. The second-order valence-corrected chi connectivity index (χ2v) is 7.48. The fourth-order valence-corrected chi connectivity index (χ4v) is 5.21. The van der Waals surface area contributed by atoms with Crippen LogP contribution in [0.4, 0.5) is 4.79 Å². The van der Waals surface area contributed by atoms with Gasteiger partial charge in [0.2, 0.25) is 0 Å². The van der Waals surface area contributed by atoms with Crippen LogP contribution in [-0.2, 0) is 9.59 Å². The smallest absolute Gasteiger partial charge is 0.322 e. The van der Waals surface area contributed by atoms with Crippen LogP contribution in [0.2, 0.25) is 0 Å². The normalized spacial score (nSPS) is 33.0. The molecule has 3 amide bonds. The van der Waals surface area contributed by atoms with Gasteiger partial charge >= 0.3 is 6.03 Å². The van der Waals surface area contributed by atoms with Crippen molar-refractivity contribution >= 4 is 29.7 Å². The van der Waals surface area contributed by atoms with Gasteiger partial charge in [0.05, 0.1) is 6.61 Å². The van der Waals surface area contributed by atoms with Crippen LogP contribution >= 0.6 is 11.8 Å². The van der Waals surface area contributed by atoms with Crippen molar-refractivity contribution in [3.63, 3.8) is 0 Å². The summed E-state index contributed by atoms with van der Waals surface area (Å²) in [6.07, 6.45) is 0. The van der Waals surface area contributed by atoms with Gasteiger partial charge in [-0.25, -0.2) is 4.79 Å². The standard InChI is InChI=1S/C8H8N2O4S.C8H11NO/c11-5(12)2-3-4(2)15-1-8(3)6(13)9-7(14)10-8;9-8(6-10)7-4-2-1-3-5-7/h2-4H,1H2,(H,11,12)(H2,9,10,13,14);1-5,8,10H,6,9H2/t2-,3-,4+,8+;8-/m11/s1. The summed E-state index contributed by atoms with van der Waals surface area (Å²) in [5.41, 5.74) is 3.86. The molecule has 0 aromatic heterocycles. The number of nitrogens with one attached hydrogen (secondary N) is 2. The quantitative estimate of drug-likeness (QED) is 0.441. The molecule has 1 spiro atoms. The first-order valence-corrected chi connectivity index (χ1v) is 8.90. The molecular formula is C16H19N3O5S. The molecule has 2 saturated heterocycles. The summed E-state index contributed by atoms with van der Waals surface area (Å²) in [6.45, 7) is 0.115. The Labute approximate surface area is 148 Å². The Kier molecular flexibility index (Phi) is 4.72. The molecule has 5 atom stereocenters. The van der Waals surface area contributed by atoms with Crippen LogP contribution in [0.3, 0.4) is 0 Å². The number of urea groups is 1. The van der Waals surface area contributed by atoms with Crippen molar-refractivity contribution in [2.45, 2.75) is 16.8 Å². The van der Waals surface area contributed by atoms with Crippen molar-refractivity contribution in [2.24, 2.45) is 11.8 Å². The fraction of sp³-hybridized carbons (Fsp3) is 0.438. The second-order valence-electron chi connectivity index (χ2n) is 6.32. The van der Waals surface area contributed by atoms with E-state index in [1.165, 1.54) is 11.8 Å². The van der Waals surface area contributed by atoms with Gasteiger partial charge in [-0.15, -0.1) is 0 Å². The number of hydrogen-bond acceptors (Lipinski definition) is 6. The van der Waals surface area contributed by atoms with E-state index in [9.17, 15) is 19.5 Å². The van der Waals surface area contributed by atoms with E-state index in [0.717, 1.165) is 5.56 Å². The lowest BCUT2D eigenvalue weighted by molar-refractivity contribution is -0.432. The van der Waals surface area contributed by atoms with E-state index in [1.807, 2.05) is 30.3 Å². The average Bonchev–Trinajstić information content (AvgIpc) is 3.14. The van der Waals surface area contributed by atoms with Crippen LogP contribution in [-0.4, -0.2) is 46.2 Å². The summed E-state index contributed by atoms with van der Waals surface area (Å²) in [4.78, 5) is 33.4. The molecule has 3 fully saturated rings. The number of imide groups is 1. The molecule has 0 radical (unpaired) electrons. The summed E-state index contributed by atoms with van der Waals surface area (Å²) < 4.78 is 0. The summed E-state index contributed by atoms with van der Waals surface area (Å²) >= 11 is 1.41. The maximum Gasteiger partial charge on any atom is 0.322 e. The highest BCUT2D eigenvalue weighted by Gasteiger charge is 2.72. The molecule has 1 aromatic rings. The molecule has 2 aliphatic heterocycles. The molecule has 1 aliphatic carbocycles. The maximum atomic E-state index is 11.6. The van der Waals surface area contributed by atoms with Gasteiger partial charge in [0.1, 0.15) is 11.6 Å². The highest BCUT2D eigenvalue weighted by atomic mass is 32.2. The van der Waals surface area contributed by atoms with Crippen molar-refractivity contribution in [3.8, 4) is 0 Å². The molecular weight excluding hydrogens is 346 g/mol. The summed E-state index contributed by atoms with van der Waals surface area (Å²) in [6, 6.07) is 9.26. The van der Waals surface area contributed by atoms with Gasteiger partial charge in [-0.3, -0.25) is 10.1 Å². The number of aliphatic hydroxyl groups excluding tert-OH is 1. The van der Waals surface area contributed by atoms with Gasteiger partial charge in [0.25, 0.3) is 5.91 Å². The Bertz CT molecular complexity index is 700. The molecule has 4 rings (SSSR count). The highest BCUT2D eigenvalue weighted by Crippen LogP contribution is 2.61. The average molecular weight is 365 g/mol. The van der Waals surface area contributed by atoms with Crippen LogP contribution in [0.25, 0.3) is 0 Å². The number of rotatable bonds is 3. The molecule has 9 heteroatoms. The minimum Gasteiger partial charge on any atom is -0.550 e. The van der Waals surface area contributed by atoms with Crippen LogP contribution in [0.5, 0.6) is 0 Å². The van der Waals surface area contributed by atoms with E-state index < -0.39 is 29.4 Å². The molecule has 8 nitrogen and oxygen atoms in total. The molecule has 3 aliphatic rings. The second kappa shape index (κ2) is 6.66. The fourth-order valence-electron chi connectivity index (χ4n) is 3.35. The Morgan fingerprint density at radius 1 is 1.40 bits per heavy atom. The minimum atomic E-state index is -1.13. The number of aliphatic carboxylic acids is 1. The lowest BCUT2D eigenvalue weighted by atomic mass is 9.94. The number of hydrogen-bond donors (Lipinski definition) is 4. The number of carboxylic acid groups (broad SMARTS) is 1. The van der Waals surface area contributed by atoms with Crippen LogP contribution in [0, 0.1) is 11.8 Å². The topological polar surface area (TPSA) is 146 Å². The van der Waals surface area contributed by atoms with E-state index >= 15 is 0 Å². The Morgan fingerprint density at radius 3 is 2.56 bits per heavy atom. The number of carbonyl (C=O) groups is 3. The number of carbonyl (C=O) groups excluding carboxylic acids is 3. The molecule has 25 heavy (non-hydrogen) atoms. The molecule has 134 valence electrons. The molecule has 2 heterocycles. The van der Waals surface area contributed by atoms with Crippen molar-refractivity contribution in [2.75, 3.05) is 12.4 Å². The molecule has 6 N–H and O–H groups in total. The number of thioether (sulfide) groups is 1. The monoisotopic (exact) mass is 365 g/mol. The highest BCUT2D eigenvalue weighted by molar-refractivity contribution is 8.00. The zero-order valence-corrected chi connectivity index (χ0v) is 14.1.